The molecule has 0 aliphatic carbocycles. The summed E-state index contributed by atoms with van der Waals surface area (Å²) in [5.41, 5.74) is 1.56. The fraction of sp³-hybridized carbons (Fsp3) is 0.192. The van der Waals surface area contributed by atoms with Gasteiger partial charge < -0.3 is 9.47 Å². The molecule has 0 amide bonds. The highest BCUT2D eigenvalue weighted by molar-refractivity contribution is 6.10. The Bertz CT molecular complexity index is 1190. The molecule has 0 bridgehead atoms. The summed E-state index contributed by atoms with van der Waals surface area (Å²) >= 11 is 0. The number of benzene rings is 3. The lowest BCUT2D eigenvalue weighted by molar-refractivity contribution is -0.159. The largest absolute Gasteiger partial charge is 0.465 e. The zero-order valence-electron chi connectivity index (χ0n) is 17.4. The summed E-state index contributed by atoms with van der Waals surface area (Å²) in [6.45, 7) is 1.79. The van der Waals surface area contributed by atoms with E-state index in [0.717, 1.165) is 0 Å². The molecule has 0 aromatic heterocycles. The van der Waals surface area contributed by atoms with Crippen LogP contribution in [0.2, 0.25) is 0 Å². The number of hydrogen-bond donors (Lipinski definition) is 0. The normalized spacial score (nSPS) is 17.2. The molecule has 0 N–H and O–H groups in total. The van der Waals surface area contributed by atoms with Gasteiger partial charge >= 0.3 is 11.9 Å². The summed E-state index contributed by atoms with van der Waals surface area (Å²) in [5.74, 6) is -3.81. The van der Waals surface area contributed by atoms with Gasteiger partial charge in [-0.2, -0.15) is 0 Å². The minimum atomic E-state index is -1.17. The molecule has 1 heterocycles. The van der Waals surface area contributed by atoms with Crippen molar-refractivity contribution in [2.75, 3.05) is 6.61 Å². The number of hydrogen-bond acceptors (Lipinski definition) is 5. The van der Waals surface area contributed by atoms with E-state index in [-0.39, 0.29) is 18.6 Å². The summed E-state index contributed by atoms with van der Waals surface area (Å²) in [6, 6.07) is 19.6. The van der Waals surface area contributed by atoms with Crippen LogP contribution >= 0.6 is 0 Å². The van der Waals surface area contributed by atoms with E-state index in [1.165, 1.54) is 18.2 Å². The number of esters is 2. The fourth-order valence-electron chi connectivity index (χ4n) is 4.06. The van der Waals surface area contributed by atoms with Gasteiger partial charge in [0.05, 0.1) is 12.2 Å². The zero-order chi connectivity index (χ0) is 22.7. The Hall–Kier alpha value is -3.80. The third kappa shape index (κ3) is 4.04. The Morgan fingerprint density at radius 3 is 2.34 bits per heavy atom. The van der Waals surface area contributed by atoms with Gasteiger partial charge in [-0.3, -0.25) is 14.4 Å². The minimum absolute atomic E-state index is 0.0367. The van der Waals surface area contributed by atoms with Crippen molar-refractivity contribution in [1.82, 2.24) is 0 Å². The van der Waals surface area contributed by atoms with Crippen molar-refractivity contribution in [2.24, 2.45) is 5.92 Å². The maximum absolute atomic E-state index is 14.3. The van der Waals surface area contributed by atoms with E-state index in [0.29, 0.717) is 22.4 Å². The van der Waals surface area contributed by atoms with Crippen LogP contribution in [0, 0.1) is 11.7 Å². The molecule has 5 nitrogen and oxygen atoms in total. The zero-order valence-corrected chi connectivity index (χ0v) is 17.4. The minimum Gasteiger partial charge on any atom is -0.465 e. The highest BCUT2D eigenvalue weighted by atomic mass is 19.1. The number of para-hydroxylation sites is 1. The number of carbonyl (C=O) groups is 3. The lowest BCUT2D eigenvalue weighted by Crippen LogP contribution is -2.39. The van der Waals surface area contributed by atoms with E-state index in [9.17, 15) is 18.8 Å². The number of halogens is 1. The van der Waals surface area contributed by atoms with Crippen molar-refractivity contribution in [3.8, 4) is 5.75 Å². The first-order chi connectivity index (χ1) is 15.5. The molecule has 0 fully saturated rings. The third-order valence-electron chi connectivity index (χ3n) is 5.55. The van der Waals surface area contributed by atoms with Crippen molar-refractivity contribution in [3.05, 3.63) is 101 Å². The van der Waals surface area contributed by atoms with Crippen molar-refractivity contribution >= 4 is 17.7 Å². The van der Waals surface area contributed by atoms with Gasteiger partial charge in [0.25, 0.3) is 0 Å². The quantitative estimate of drug-likeness (QED) is 0.249. The summed E-state index contributed by atoms with van der Waals surface area (Å²) in [5, 5.41) is 0. The lowest BCUT2D eigenvalue weighted by atomic mass is 9.78. The lowest BCUT2D eigenvalue weighted by Gasteiger charge is -2.31. The van der Waals surface area contributed by atoms with Gasteiger partial charge in [-0.1, -0.05) is 54.6 Å². The summed E-state index contributed by atoms with van der Waals surface area (Å²) in [6.07, 6.45) is 0.200. The molecule has 6 heteroatoms. The second-order valence-electron chi connectivity index (χ2n) is 7.47. The Morgan fingerprint density at radius 2 is 1.59 bits per heavy atom. The SMILES string of the molecule is CCOC(=O)[C@@H]1C(=O)Oc2ccccc2[C@H]1Cc1ccccc1C(=O)c1ccccc1F. The smallest absolute Gasteiger partial charge is 0.326 e. The molecule has 0 saturated carbocycles. The summed E-state index contributed by atoms with van der Waals surface area (Å²) in [4.78, 5) is 38.5. The standard InChI is InChI=1S/C26H21FO5/c1-2-31-25(29)23-20(18-11-6-8-14-22(18)32-26(23)30)15-16-9-3-4-10-17(16)24(28)19-12-5-7-13-21(19)27/h3-14,20,23H,2,15H2,1H3/t20-,23-/m1/s1. The average Bonchev–Trinajstić information content (AvgIpc) is 2.79. The van der Waals surface area contributed by atoms with Gasteiger partial charge in [0.2, 0.25) is 0 Å². The molecule has 4 rings (SSSR count). The van der Waals surface area contributed by atoms with Crippen molar-refractivity contribution in [3.63, 3.8) is 0 Å². The number of carbonyl (C=O) groups excluding carboxylic acids is 3. The number of rotatable bonds is 6. The Labute approximate surface area is 184 Å². The van der Waals surface area contributed by atoms with Crippen LogP contribution in [0.25, 0.3) is 0 Å². The monoisotopic (exact) mass is 432 g/mol. The maximum Gasteiger partial charge on any atom is 0.326 e. The predicted molar refractivity (Wildman–Crippen MR) is 115 cm³/mol. The highest BCUT2D eigenvalue weighted by Gasteiger charge is 2.43. The Kier molecular flexibility index (Phi) is 6.12. The van der Waals surface area contributed by atoms with Gasteiger partial charge in [-0.25, -0.2) is 4.39 Å². The summed E-state index contributed by atoms with van der Waals surface area (Å²) < 4.78 is 24.8. The molecule has 1 aliphatic rings. The van der Waals surface area contributed by atoms with E-state index < -0.39 is 35.4 Å². The highest BCUT2D eigenvalue weighted by Crippen LogP contribution is 2.41. The Balaban J connectivity index is 1.77. The predicted octanol–water partition coefficient (Wildman–Crippen LogP) is 4.48. The van der Waals surface area contributed by atoms with Crippen LogP contribution in [0.1, 0.15) is 39.9 Å². The molecule has 0 radical (unpaired) electrons. The van der Waals surface area contributed by atoms with E-state index in [1.54, 1.807) is 61.5 Å². The van der Waals surface area contributed by atoms with Gasteiger partial charge in [-0.05, 0) is 42.7 Å². The average molecular weight is 432 g/mol. The van der Waals surface area contributed by atoms with E-state index in [2.05, 4.69) is 0 Å². The second kappa shape index (κ2) is 9.14. The van der Waals surface area contributed by atoms with E-state index >= 15 is 0 Å². The molecular weight excluding hydrogens is 411 g/mol. The Morgan fingerprint density at radius 1 is 0.938 bits per heavy atom. The van der Waals surface area contributed by atoms with Crippen LogP contribution in [0.5, 0.6) is 5.75 Å². The number of fused-ring (bicyclic) bond motifs is 1. The molecule has 0 unspecified atom stereocenters. The van der Waals surface area contributed by atoms with Crippen LogP contribution in [0.4, 0.5) is 4.39 Å². The molecule has 0 spiro atoms. The first-order valence-corrected chi connectivity index (χ1v) is 10.4. The first kappa shape index (κ1) is 21.4. The first-order valence-electron chi connectivity index (χ1n) is 10.4. The number of ketones is 1. The molecular formula is C26H21FO5. The fourth-order valence-corrected chi connectivity index (χ4v) is 4.06. The third-order valence-corrected chi connectivity index (χ3v) is 5.55. The van der Waals surface area contributed by atoms with Crippen molar-refractivity contribution < 1.29 is 28.2 Å². The van der Waals surface area contributed by atoms with Gasteiger partial charge in [-0.15, -0.1) is 0 Å². The molecule has 162 valence electrons. The molecule has 1 aliphatic heterocycles. The van der Waals surface area contributed by atoms with E-state index in [4.69, 9.17) is 9.47 Å². The van der Waals surface area contributed by atoms with Crippen LogP contribution < -0.4 is 4.74 Å². The topological polar surface area (TPSA) is 69.7 Å². The number of ether oxygens (including phenoxy) is 2. The molecule has 3 aromatic rings. The van der Waals surface area contributed by atoms with Gasteiger partial charge in [0.1, 0.15) is 11.6 Å². The van der Waals surface area contributed by atoms with Gasteiger partial charge in [0.15, 0.2) is 11.7 Å². The van der Waals surface area contributed by atoms with Crippen molar-refractivity contribution in [1.29, 1.82) is 0 Å². The summed E-state index contributed by atoms with van der Waals surface area (Å²) in [7, 11) is 0. The van der Waals surface area contributed by atoms with Crippen LogP contribution in [-0.2, 0) is 20.7 Å². The van der Waals surface area contributed by atoms with Gasteiger partial charge in [0, 0.05) is 11.5 Å². The molecule has 0 saturated heterocycles. The van der Waals surface area contributed by atoms with E-state index in [1.807, 2.05) is 0 Å². The van der Waals surface area contributed by atoms with Crippen LogP contribution in [-0.4, -0.2) is 24.3 Å². The molecule has 32 heavy (non-hydrogen) atoms. The van der Waals surface area contributed by atoms with Crippen LogP contribution in [0.15, 0.2) is 72.8 Å². The van der Waals surface area contributed by atoms with Crippen molar-refractivity contribution in [2.45, 2.75) is 19.3 Å². The molecule has 3 aromatic carbocycles. The second-order valence-corrected chi connectivity index (χ2v) is 7.47. The van der Waals surface area contributed by atoms with Crippen LogP contribution in [0.3, 0.4) is 0 Å². The molecule has 2 atom stereocenters. The maximum atomic E-state index is 14.3.